The minimum Gasteiger partial charge on any atom is -0.507 e. The van der Waals surface area contributed by atoms with Crippen molar-refractivity contribution in [2.75, 3.05) is 26.4 Å². The average Bonchev–Trinajstić information content (AvgIpc) is 2.97. The van der Waals surface area contributed by atoms with E-state index in [9.17, 15) is 5.11 Å². The van der Waals surface area contributed by atoms with Gasteiger partial charge in [-0.2, -0.15) is 0 Å². The number of ether oxygens (including phenoxy) is 4. The van der Waals surface area contributed by atoms with E-state index in [1.165, 1.54) is 5.56 Å². The molecule has 3 rings (SSSR count). The van der Waals surface area contributed by atoms with E-state index in [2.05, 4.69) is 52.0 Å². The summed E-state index contributed by atoms with van der Waals surface area (Å²) in [6, 6.07) is 10.5. The molecule has 2 aromatic carbocycles. The molecule has 0 saturated carbocycles. The summed E-state index contributed by atoms with van der Waals surface area (Å²) in [5.74, 6) is -0.111. The largest absolute Gasteiger partial charge is 0.507 e. The first-order valence-corrected chi connectivity index (χ1v) is 15.6. The van der Waals surface area contributed by atoms with E-state index in [4.69, 9.17) is 38.4 Å². The second kappa shape index (κ2) is 17.4. The average molecular weight is 571 g/mol. The topological polar surface area (TPSA) is 57.2 Å². The highest BCUT2D eigenvalue weighted by Crippen LogP contribution is 2.39. The number of aryl methyl sites for hydroxylation is 1. The number of hydrogen-bond donors (Lipinski definition) is 1. The Morgan fingerprint density at radius 1 is 0.925 bits per heavy atom. The van der Waals surface area contributed by atoms with Crippen LogP contribution in [-0.4, -0.2) is 57.7 Å². The Morgan fingerprint density at radius 2 is 1.55 bits per heavy atom. The fourth-order valence-electron chi connectivity index (χ4n) is 5.06. The molecule has 1 aliphatic rings. The summed E-state index contributed by atoms with van der Waals surface area (Å²) in [5, 5.41) is 11.3. The first-order chi connectivity index (χ1) is 19.4. The highest BCUT2D eigenvalue weighted by atomic mass is 35.5. The van der Waals surface area contributed by atoms with Crippen LogP contribution in [-0.2, 0) is 31.8 Å². The molecule has 1 fully saturated rings. The normalized spacial score (nSPS) is 21.1. The summed E-state index contributed by atoms with van der Waals surface area (Å²) in [4.78, 5) is 0. The summed E-state index contributed by atoms with van der Waals surface area (Å²) in [7, 11) is 6.54. The molecular weight excluding hydrogens is 523 g/mol. The van der Waals surface area contributed by atoms with Crippen LogP contribution in [0.5, 0.6) is 5.75 Å². The van der Waals surface area contributed by atoms with Crippen LogP contribution < -0.4 is 5.46 Å². The molecule has 40 heavy (non-hydrogen) atoms. The minimum atomic E-state index is -0.526. The fourth-order valence-corrected chi connectivity index (χ4v) is 5.28. The molecular formula is C33H48BClO5. The van der Waals surface area contributed by atoms with Gasteiger partial charge >= 0.3 is 0 Å². The quantitative estimate of drug-likeness (QED) is 0.164. The molecule has 1 N–H and O–H groups in total. The van der Waals surface area contributed by atoms with E-state index in [0.717, 1.165) is 56.1 Å². The number of unbranched alkanes of at least 4 members (excludes halogenated alkanes) is 3. The maximum Gasteiger partial charge on any atom is 0.127 e. The first-order valence-electron chi connectivity index (χ1n) is 15.3. The van der Waals surface area contributed by atoms with Crippen LogP contribution in [0.2, 0.25) is 5.02 Å². The molecule has 2 radical (unpaired) electrons. The molecule has 1 unspecified atom stereocenters. The van der Waals surface area contributed by atoms with Crippen molar-refractivity contribution in [1.29, 1.82) is 0 Å². The van der Waals surface area contributed by atoms with Crippen LogP contribution in [0.1, 0.15) is 101 Å². The third-order valence-electron chi connectivity index (χ3n) is 7.60. The van der Waals surface area contributed by atoms with Crippen LogP contribution in [0.25, 0.3) is 0 Å². The molecule has 220 valence electrons. The Hall–Kier alpha value is -1.57. The lowest BCUT2D eigenvalue weighted by Gasteiger charge is -2.42. The summed E-state index contributed by atoms with van der Waals surface area (Å²) in [6.45, 7) is 11.0. The van der Waals surface area contributed by atoms with Gasteiger partial charge in [-0.3, -0.25) is 0 Å². The van der Waals surface area contributed by atoms with Gasteiger partial charge in [-0.25, -0.2) is 0 Å². The molecule has 0 aliphatic carbocycles. The Labute approximate surface area is 248 Å². The zero-order chi connectivity index (χ0) is 28.9. The van der Waals surface area contributed by atoms with Crippen molar-refractivity contribution in [2.24, 2.45) is 0 Å². The number of phenolic OH excluding ortho intramolecular Hbond substituents is 1. The van der Waals surface area contributed by atoms with Gasteiger partial charge in [0, 0.05) is 26.2 Å². The fraction of sp³-hybridized carbons (Fsp3) is 0.636. The van der Waals surface area contributed by atoms with Gasteiger partial charge < -0.3 is 24.1 Å². The SMILES string of the molecule is [B]c1c(C2O[C@H](COCCCC)C[C@H](OCCCC)[C@H]2OCCCC)cc(Cc2ccc(CC)cc2)c(Cl)c1O. The molecule has 2 aromatic rings. The minimum absolute atomic E-state index is 0.111. The maximum absolute atomic E-state index is 11.1. The lowest BCUT2D eigenvalue weighted by atomic mass is 9.81. The van der Waals surface area contributed by atoms with E-state index in [1.54, 1.807) is 0 Å². The Morgan fingerprint density at radius 3 is 2.20 bits per heavy atom. The third-order valence-corrected chi connectivity index (χ3v) is 8.02. The Bertz CT molecular complexity index is 1010. The van der Waals surface area contributed by atoms with Gasteiger partial charge in [-0.1, -0.05) is 88.9 Å². The molecule has 1 saturated heterocycles. The van der Waals surface area contributed by atoms with Crippen LogP contribution in [0, 0.1) is 0 Å². The van der Waals surface area contributed by atoms with Crippen LogP contribution in [0.3, 0.4) is 0 Å². The molecule has 0 amide bonds. The predicted molar refractivity (Wildman–Crippen MR) is 164 cm³/mol. The smallest absolute Gasteiger partial charge is 0.127 e. The Balaban J connectivity index is 1.97. The number of aromatic hydroxyl groups is 1. The van der Waals surface area contributed by atoms with Gasteiger partial charge in [0.25, 0.3) is 0 Å². The number of rotatable bonds is 17. The zero-order valence-electron chi connectivity index (χ0n) is 24.9. The van der Waals surface area contributed by atoms with Crippen molar-refractivity contribution in [1.82, 2.24) is 0 Å². The molecule has 4 atom stereocenters. The summed E-state index contributed by atoms with van der Waals surface area (Å²) in [5.41, 5.74) is 4.10. The van der Waals surface area contributed by atoms with Crippen molar-refractivity contribution >= 4 is 24.9 Å². The second-order valence-corrected chi connectivity index (χ2v) is 11.2. The van der Waals surface area contributed by atoms with Crippen LogP contribution in [0.4, 0.5) is 0 Å². The van der Waals surface area contributed by atoms with E-state index in [1.807, 2.05) is 6.07 Å². The summed E-state index contributed by atoms with van der Waals surface area (Å²) < 4.78 is 25.6. The Kier molecular flexibility index (Phi) is 14.3. The predicted octanol–water partition coefficient (Wildman–Crippen LogP) is 7.01. The van der Waals surface area contributed by atoms with Crippen molar-refractivity contribution in [3.63, 3.8) is 0 Å². The molecule has 0 spiro atoms. The van der Waals surface area contributed by atoms with Crippen molar-refractivity contribution < 1.29 is 24.1 Å². The van der Waals surface area contributed by atoms with Gasteiger partial charge in [-0.05, 0) is 59.8 Å². The van der Waals surface area contributed by atoms with Crippen molar-refractivity contribution in [3.05, 3.63) is 57.6 Å². The molecule has 1 heterocycles. The lowest BCUT2D eigenvalue weighted by Crippen LogP contribution is -2.49. The van der Waals surface area contributed by atoms with Gasteiger partial charge in [0.05, 0.1) is 23.8 Å². The highest BCUT2D eigenvalue weighted by Gasteiger charge is 2.42. The van der Waals surface area contributed by atoms with Crippen molar-refractivity contribution in [2.45, 2.75) is 110 Å². The monoisotopic (exact) mass is 570 g/mol. The van der Waals surface area contributed by atoms with E-state index < -0.39 is 6.10 Å². The zero-order valence-corrected chi connectivity index (χ0v) is 25.7. The first kappa shape index (κ1) is 32.9. The molecule has 5 nitrogen and oxygen atoms in total. The van der Waals surface area contributed by atoms with E-state index in [-0.39, 0.29) is 34.5 Å². The van der Waals surface area contributed by atoms with Gasteiger partial charge in [0.1, 0.15) is 25.8 Å². The number of benzene rings is 2. The number of hydrogen-bond acceptors (Lipinski definition) is 5. The van der Waals surface area contributed by atoms with E-state index in [0.29, 0.717) is 44.8 Å². The van der Waals surface area contributed by atoms with Crippen LogP contribution in [0.15, 0.2) is 30.3 Å². The summed E-state index contributed by atoms with van der Waals surface area (Å²) in [6.07, 6.45) is 7.07. The highest BCUT2D eigenvalue weighted by molar-refractivity contribution is 6.40. The molecule has 0 aromatic heterocycles. The number of phenols is 1. The third kappa shape index (κ3) is 9.22. The lowest BCUT2D eigenvalue weighted by molar-refractivity contribution is -0.213. The van der Waals surface area contributed by atoms with Gasteiger partial charge in [0.2, 0.25) is 0 Å². The van der Waals surface area contributed by atoms with Crippen molar-refractivity contribution in [3.8, 4) is 5.75 Å². The molecule has 0 bridgehead atoms. The van der Waals surface area contributed by atoms with Gasteiger partial charge in [-0.15, -0.1) is 0 Å². The van der Waals surface area contributed by atoms with Gasteiger partial charge in [0.15, 0.2) is 0 Å². The van der Waals surface area contributed by atoms with Crippen LogP contribution >= 0.6 is 11.6 Å². The van der Waals surface area contributed by atoms with E-state index >= 15 is 0 Å². The standard InChI is InChI=1S/C33H48BClO5/c1-5-9-16-37-22-26-21-28(38-17-10-6-2)33(39-18-11-7-3)32(40-26)27-20-25(30(35)31(36)29(27)34)19-24-14-12-23(8-4)13-15-24/h12-15,20,26,28,32-33,36H,5-11,16-19,21-22H2,1-4H3/t26-,28-,32?,33+/m0/s1. The second-order valence-electron chi connectivity index (χ2n) is 10.8. The maximum atomic E-state index is 11.1. The summed E-state index contributed by atoms with van der Waals surface area (Å²) >= 11 is 6.65. The molecule has 7 heteroatoms. The number of halogens is 1. The molecule has 1 aliphatic heterocycles.